The molecule has 0 saturated carbocycles. The first-order valence-corrected chi connectivity index (χ1v) is 11.4. The number of nitrogens with zero attached hydrogens (tertiary/aromatic N) is 1. The zero-order chi connectivity index (χ0) is 24.1. The monoisotopic (exact) mass is 484 g/mol. The molecular formula is C26H23ClF2N2O3. The maximum absolute atomic E-state index is 13.6. The quantitative estimate of drug-likeness (QED) is 0.196. The molecule has 0 aliphatic carbocycles. The van der Waals surface area contributed by atoms with Crippen LogP contribution < -0.4 is 10.1 Å². The van der Waals surface area contributed by atoms with E-state index in [2.05, 4.69) is 17.2 Å². The molecule has 0 radical (unpaired) electrons. The highest BCUT2D eigenvalue weighted by Crippen LogP contribution is 2.32. The molecule has 0 bridgehead atoms. The predicted molar refractivity (Wildman–Crippen MR) is 128 cm³/mol. The number of amides is 1. The fourth-order valence-corrected chi connectivity index (χ4v) is 3.66. The Morgan fingerprint density at radius 3 is 2.56 bits per heavy atom. The van der Waals surface area contributed by atoms with Crippen molar-refractivity contribution in [2.24, 2.45) is 0 Å². The number of carbonyl (C=O) groups excluding carboxylic acids is 1. The third-order valence-electron chi connectivity index (χ3n) is 5.27. The average Bonchev–Trinajstić information content (AvgIpc) is 3.25. The summed E-state index contributed by atoms with van der Waals surface area (Å²) in [4.78, 5) is 16.9. The van der Waals surface area contributed by atoms with Gasteiger partial charge >= 0.3 is 0 Å². The van der Waals surface area contributed by atoms with Gasteiger partial charge in [0, 0.05) is 11.3 Å². The first-order chi connectivity index (χ1) is 16.4. The second-order valence-electron chi connectivity index (χ2n) is 7.84. The van der Waals surface area contributed by atoms with Crippen molar-refractivity contribution in [3.63, 3.8) is 0 Å². The molecule has 0 aliphatic heterocycles. The molecule has 176 valence electrons. The lowest BCUT2D eigenvalue weighted by Gasteiger charge is -2.08. The number of anilines is 1. The van der Waals surface area contributed by atoms with Crippen molar-refractivity contribution in [2.75, 3.05) is 11.9 Å². The molecule has 1 amide bonds. The summed E-state index contributed by atoms with van der Waals surface area (Å²) in [6.45, 7) is 2.82. The van der Waals surface area contributed by atoms with Crippen LogP contribution >= 0.6 is 11.6 Å². The Kier molecular flexibility index (Phi) is 7.43. The van der Waals surface area contributed by atoms with Gasteiger partial charge in [0.1, 0.15) is 11.3 Å². The molecule has 8 heteroatoms. The topological polar surface area (TPSA) is 64.4 Å². The number of halogens is 3. The van der Waals surface area contributed by atoms with Crippen molar-refractivity contribution in [3.8, 4) is 17.2 Å². The van der Waals surface area contributed by atoms with Crippen molar-refractivity contribution in [2.45, 2.75) is 32.6 Å². The third kappa shape index (κ3) is 5.54. The Morgan fingerprint density at radius 2 is 1.79 bits per heavy atom. The molecule has 0 fully saturated rings. The second kappa shape index (κ2) is 10.7. The van der Waals surface area contributed by atoms with Gasteiger partial charge in [-0.1, -0.05) is 37.8 Å². The van der Waals surface area contributed by atoms with Crippen molar-refractivity contribution in [1.82, 2.24) is 4.98 Å². The van der Waals surface area contributed by atoms with Gasteiger partial charge in [0.05, 0.1) is 17.2 Å². The zero-order valence-electron chi connectivity index (χ0n) is 18.5. The molecule has 0 atom stereocenters. The fourth-order valence-electron chi connectivity index (χ4n) is 3.43. The number of hydrogen-bond donors (Lipinski definition) is 1. The summed E-state index contributed by atoms with van der Waals surface area (Å²) in [6.07, 6.45) is 4.52. The lowest BCUT2D eigenvalue weighted by molar-refractivity contribution is 0.102. The van der Waals surface area contributed by atoms with Gasteiger partial charge in [0.25, 0.3) is 5.91 Å². The van der Waals surface area contributed by atoms with Gasteiger partial charge in [0.15, 0.2) is 17.2 Å². The highest BCUT2D eigenvalue weighted by Gasteiger charge is 2.16. The van der Waals surface area contributed by atoms with Gasteiger partial charge in [-0.15, -0.1) is 0 Å². The van der Waals surface area contributed by atoms with E-state index in [9.17, 15) is 13.6 Å². The van der Waals surface area contributed by atoms with E-state index in [4.69, 9.17) is 20.8 Å². The minimum atomic E-state index is -1.05. The largest absolute Gasteiger partial charge is 0.494 e. The summed E-state index contributed by atoms with van der Waals surface area (Å²) in [5.74, 6) is -1.63. The van der Waals surface area contributed by atoms with Crippen LogP contribution in [0, 0.1) is 11.6 Å². The molecule has 5 nitrogen and oxygen atoms in total. The van der Waals surface area contributed by atoms with Crippen LogP contribution in [0.4, 0.5) is 14.5 Å². The summed E-state index contributed by atoms with van der Waals surface area (Å²) >= 11 is 6.02. The number of nitrogens with one attached hydrogen (secondary N) is 1. The number of aromatic nitrogens is 1. The number of carbonyl (C=O) groups is 1. The summed E-state index contributed by atoms with van der Waals surface area (Å²) in [7, 11) is 0. The van der Waals surface area contributed by atoms with Crippen LogP contribution in [0.2, 0.25) is 5.02 Å². The lowest BCUT2D eigenvalue weighted by Crippen LogP contribution is -2.11. The standard InChI is InChI=1S/C26H23ClF2N2O3/c1-2-3-4-5-12-33-18-9-6-16(7-10-18)25(32)30-17-8-11-24-23(13-17)31-26(34-24)19-14-21(28)22(29)15-20(19)27/h6-11,13-15H,2-5,12H2,1H3,(H,30,32). The number of unbranched alkanes of at least 4 members (excludes halogenated alkanes) is 3. The summed E-state index contributed by atoms with van der Waals surface area (Å²) in [5, 5.41) is 2.80. The summed E-state index contributed by atoms with van der Waals surface area (Å²) < 4.78 is 38.3. The van der Waals surface area contributed by atoms with E-state index in [1.807, 2.05) is 0 Å². The molecule has 3 aromatic carbocycles. The maximum Gasteiger partial charge on any atom is 0.255 e. The van der Waals surface area contributed by atoms with Crippen molar-refractivity contribution in [3.05, 3.63) is 76.8 Å². The summed E-state index contributed by atoms with van der Waals surface area (Å²) in [6, 6.07) is 13.7. The minimum absolute atomic E-state index is 0.0210. The second-order valence-corrected chi connectivity index (χ2v) is 8.24. The van der Waals surface area contributed by atoms with Crippen molar-refractivity contribution in [1.29, 1.82) is 0 Å². The number of hydrogen-bond acceptors (Lipinski definition) is 4. The average molecular weight is 485 g/mol. The van der Waals surface area contributed by atoms with Crippen molar-refractivity contribution >= 4 is 34.3 Å². The first-order valence-electron chi connectivity index (χ1n) is 11.0. The molecule has 1 heterocycles. The Balaban J connectivity index is 1.43. The van der Waals surface area contributed by atoms with E-state index in [1.165, 1.54) is 12.8 Å². The maximum atomic E-state index is 13.6. The van der Waals surface area contributed by atoms with Gasteiger partial charge in [-0.05, 0) is 61.0 Å². The number of benzene rings is 3. The number of oxazole rings is 1. The number of ether oxygens (including phenoxy) is 1. The van der Waals surface area contributed by atoms with Gasteiger partial charge in [-0.2, -0.15) is 0 Å². The molecule has 0 spiro atoms. The molecule has 34 heavy (non-hydrogen) atoms. The van der Waals surface area contributed by atoms with Gasteiger partial charge in [-0.3, -0.25) is 4.79 Å². The SMILES string of the molecule is CCCCCCOc1ccc(C(=O)Nc2ccc3oc(-c4cc(F)c(F)cc4Cl)nc3c2)cc1. The van der Waals surface area contributed by atoms with Crippen LogP contribution in [-0.2, 0) is 0 Å². The predicted octanol–water partition coefficient (Wildman–Crippen LogP) is 7.64. The van der Waals surface area contributed by atoms with Crippen LogP contribution in [0.5, 0.6) is 5.75 Å². The molecule has 4 rings (SSSR count). The van der Waals surface area contributed by atoms with E-state index >= 15 is 0 Å². The normalized spacial score (nSPS) is 11.1. The smallest absolute Gasteiger partial charge is 0.255 e. The zero-order valence-corrected chi connectivity index (χ0v) is 19.3. The van der Waals surface area contributed by atoms with Crippen LogP contribution in [-0.4, -0.2) is 17.5 Å². The van der Waals surface area contributed by atoms with E-state index in [0.717, 1.165) is 30.7 Å². The highest BCUT2D eigenvalue weighted by atomic mass is 35.5. The van der Waals surface area contributed by atoms with Crippen LogP contribution in [0.25, 0.3) is 22.6 Å². The van der Waals surface area contributed by atoms with Gasteiger partial charge in [-0.25, -0.2) is 13.8 Å². The third-order valence-corrected chi connectivity index (χ3v) is 5.58. The number of fused-ring (bicyclic) bond motifs is 1. The van der Waals surface area contributed by atoms with E-state index in [1.54, 1.807) is 42.5 Å². The van der Waals surface area contributed by atoms with Crippen LogP contribution in [0.1, 0.15) is 43.0 Å². The molecule has 0 saturated heterocycles. The number of rotatable bonds is 9. The highest BCUT2D eigenvalue weighted by molar-refractivity contribution is 6.33. The summed E-state index contributed by atoms with van der Waals surface area (Å²) in [5.41, 5.74) is 1.96. The molecule has 0 aliphatic rings. The van der Waals surface area contributed by atoms with Crippen LogP contribution in [0.3, 0.4) is 0 Å². The van der Waals surface area contributed by atoms with Crippen LogP contribution in [0.15, 0.2) is 59.0 Å². The molecular weight excluding hydrogens is 462 g/mol. The molecule has 4 aromatic rings. The Morgan fingerprint density at radius 1 is 1.03 bits per heavy atom. The molecule has 1 aromatic heterocycles. The Bertz CT molecular complexity index is 1310. The Hall–Kier alpha value is -3.45. The van der Waals surface area contributed by atoms with Crippen molar-refractivity contribution < 1.29 is 22.7 Å². The fraction of sp³-hybridized carbons (Fsp3) is 0.231. The van der Waals surface area contributed by atoms with E-state index < -0.39 is 11.6 Å². The van der Waals surface area contributed by atoms with Gasteiger partial charge < -0.3 is 14.5 Å². The molecule has 1 N–H and O–H groups in total. The minimum Gasteiger partial charge on any atom is -0.494 e. The lowest BCUT2D eigenvalue weighted by atomic mass is 10.2. The van der Waals surface area contributed by atoms with E-state index in [-0.39, 0.29) is 22.4 Å². The molecule has 0 unspecified atom stereocenters. The van der Waals surface area contributed by atoms with Gasteiger partial charge in [0.2, 0.25) is 5.89 Å². The Labute approximate surface area is 200 Å². The first kappa shape index (κ1) is 23.7. The van der Waals surface area contributed by atoms with E-state index in [0.29, 0.717) is 29.0 Å².